The topological polar surface area (TPSA) is 35.2 Å². The van der Waals surface area contributed by atoms with Crippen LogP contribution in [0, 0.1) is 0 Å². The molecular formula is C10H15NOS. The Labute approximate surface area is 82.7 Å². The molecule has 1 aromatic rings. The van der Waals surface area contributed by atoms with E-state index in [4.69, 9.17) is 10.5 Å². The molecule has 2 N–H and O–H groups in total. The zero-order valence-corrected chi connectivity index (χ0v) is 8.69. The van der Waals surface area contributed by atoms with Crippen LogP contribution in [-0.2, 0) is 17.6 Å². The van der Waals surface area contributed by atoms with Gasteiger partial charge in [0.2, 0.25) is 0 Å². The predicted octanol–water partition coefficient (Wildman–Crippen LogP) is 1.88. The predicted molar refractivity (Wildman–Crippen MR) is 55.1 cm³/mol. The molecule has 0 aromatic carbocycles. The van der Waals surface area contributed by atoms with Crippen LogP contribution < -0.4 is 5.73 Å². The van der Waals surface area contributed by atoms with E-state index in [0.29, 0.717) is 6.61 Å². The molecule has 1 unspecified atom stereocenters. The van der Waals surface area contributed by atoms with Crippen LogP contribution >= 0.6 is 11.3 Å². The molecule has 2 rings (SSSR count). The van der Waals surface area contributed by atoms with Crippen LogP contribution in [0.15, 0.2) is 6.07 Å². The van der Waals surface area contributed by atoms with Crippen LogP contribution in [0.3, 0.4) is 0 Å². The van der Waals surface area contributed by atoms with Gasteiger partial charge < -0.3 is 10.5 Å². The van der Waals surface area contributed by atoms with Crippen molar-refractivity contribution in [1.29, 1.82) is 0 Å². The number of fused-ring (bicyclic) bond motifs is 1. The van der Waals surface area contributed by atoms with Crippen molar-refractivity contribution in [2.24, 2.45) is 5.73 Å². The Morgan fingerprint density at radius 1 is 1.62 bits per heavy atom. The van der Waals surface area contributed by atoms with E-state index in [1.807, 2.05) is 11.3 Å². The fourth-order valence-corrected chi connectivity index (χ4v) is 3.04. The summed E-state index contributed by atoms with van der Waals surface area (Å²) >= 11 is 1.87. The highest BCUT2D eigenvalue weighted by Gasteiger charge is 2.17. The molecule has 1 aliphatic rings. The van der Waals surface area contributed by atoms with Crippen LogP contribution in [-0.4, -0.2) is 13.7 Å². The molecule has 2 nitrogen and oxygen atoms in total. The first kappa shape index (κ1) is 9.19. The summed E-state index contributed by atoms with van der Waals surface area (Å²) in [5.41, 5.74) is 7.47. The van der Waals surface area contributed by atoms with Crippen molar-refractivity contribution < 1.29 is 4.74 Å². The number of hydrogen-bond donors (Lipinski definition) is 1. The van der Waals surface area contributed by atoms with Crippen molar-refractivity contribution >= 4 is 11.3 Å². The lowest BCUT2D eigenvalue weighted by Gasteiger charge is -2.06. The summed E-state index contributed by atoms with van der Waals surface area (Å²) in [6.07, 6.45) is 3.81. The minimum atomic E-state index is 0.0700. The van der Waals surface area contributed by atoms with Gasteiger partial charge in [-0.2, -0.15) is 0 Å². The van der Waals surface area contributed by atoms with Crippen molar-refractivity contribution in [3.8, 4) is 0 Å². The van der Waals surface area contributed by atoms with Gasteiger partial charge in [0.1, 0.15) is 0 Å². The first-order chi connectivity index (χ1) is 6.31. The lowest BCUT2D eigenvalue weighted by molar-refractivity contribution is 0.182. The van der Waals surface area contributed by atoms with Crippen molar-refractivity contribution in [2.45, 2.75) is 25.3 Å². The van der Waals surface area contributed by atoms with E-state index < -0.39 is 0 Å². The summed E-state index contributed by atoms with van der Waals surface area (Å²) in [4.78, 5) is 2.83. The average Bonchev–Trinajstić information content (AvgIpc) is 2.61. The molecule has 1 aliphatic carbocycles. The summed E-state index contributed by atoms with van der Waals surface area (Å²) in [6, 6.07) is 2.33. The first-order valence-electron chi connectivity index (χ1n) is 4.67. The number of methoxy groups -OCH3 is 1. The van der Waals surface area contributed by atoms with Gasteiger partial charge in [-0.3, -0.25) is 0 Å². The monoisotopic (exact) mass is 197 g/mol. The van der Waals surface area contributed by atoms with Crippen molar-refractivity contribution in [3.63, 3.8) is 0 Å². The molecule has 0 bridgehead atoms. The van der Waals surface area contributed by atoms with Gasteiger partial charge in [-0.1, -0.05) is 0 Å². The highest BCUT2D eigenvalue weighted by molar-refractivity contribution is 7.12. The number of aryl methyl sites for hydroxylation is 2. The minimum absolute atomic E-state index is 0.0700. The van der Waals surface area contributed by atoms with E-state index in [1.165, 1.54) is 29.7 Å². The fraction of sp³-hybridized carbons (Fsp3) is 0.600. The number of ether oxygens (including phenoxy) is 1. The van der Waals surface area contributed by atoms with Gasteiger partial charge in [-0.15, -0.1) is 11.3 Å². The van der Waals surface area contributed by atoms with E-state index in [1.54, 1.807) is 12.0 Å². The normalized spacial score (nSPS) is 17.4. The molecule has 0 saturated heterocycles. The standard InChI is InChI=1S/C10H15NOS/c1-12-6-8(11)10-5-7-3-2-4-9(7)13-10/h5,8H,2-4,6,11H2,1H3. The molecule has 72 valence electrons. The molecular weight excluding hydrogens is 182 g/mol. The summed E-state index contributed by atoms with van der Waals surface area (Å²) < 4.78 is 5.04. The van der Waals surface area contributed by atoms with Gasteiger partial charge in [0.15, 0.2) is 0 Å². The average molecular weight is 197 g/mol. The Balaban J connectivity index is 2.13. The van der Waals surface area contributed by atoms with Crippen LogP contribution in [0.25, 0.3) is 0 Å². The summed E-state index contributed by atoms with van der Waals surface area (Å²) in [5, 5.41) is 0. The number of rotatable bonds is 3. The lowest BCUT2D eigenvalue weighted by Crippen LogP contribution is -2.14. The molecule has 1 aromatic heterocycles. The number of thiophene rings is 1. The zero-order valence-electron chi connectivity index (χ0n) is 7.88. The fourth-order valence-electron chi connectivity index (χ4n) is 1.80. The highest BCUT2D eigenvalue weighted by Crippen LogP contribution is 2.32. The van der Waals surface area contributed by atoms with Crippen molar-refractivity contribution in [1.82, 2.24) is 0 Å². The Morgan fingerprint density at radius 2 is 2.46 bits per heavy atom. The third-order valence-electron chi connectivity index (χ3n) is 2.48. The first-order valence-corrected chi connectivity index (χ1v) is 5.49. The van der Waals surface area contributed by atoms with E-state index >= 15 is 0 Å². The maximum atomic E-state index is 5.95. The minimum Gasteiger partial charge on any atom is -0.383 e. The van der Waals surface area contributed by atoms with Gasteiger partial charge in [0, 0.05) is 16.9 Å². The molecule has 13 heavy (non-hydrogen) atoms. The van der Waals surface area contributed by atoms with Crippen molar-refractivity contribution in [2.75, 3.05) is 13.7 Å². The van der Waals surface area contributed by atoms with Gasteiger partial charge in [0.05, 0.1) is 12.6 Å². The van der Waals surface area contributed by atoms with Crippen LogP contribution in [0.5, 0.6) is 0 Å². The van der Waals surface area contributed by atoms with Gasteiger partial charge in [-0.25, -0.2) is 0 Å². The van der Waals surface area contributed by atoms with E-state index in [0.717, 1.165) is 0 Å². The third-order valence-corrected chi connectivity index (χ3v) is 3.85. The second-order valence-electron chi connectivity index (χ2n) is 3.51. The Morgan fingerprint density at radius 3 is 3.15 bits per heavy atom. The van der Waals surface area contributed by atoms with Gasteiger partial charge in [0.25, 0.3) is 0 Å². The SMILES string of the molecule is COCC(N)c1cc2c(s1)CCC2. The lowest BCUT2D eigenvalue weighted by atomic mass is 10.2. The molecule has 1 atom stereocenters. The second-order valence-corrected chi connectivity index (χ2v) is 4.68. The Kier molecular flexibility index (Phi) is 2.67. The molecule has 0 amide bonds. The maximum Gasteiger partial charge on any atom is 0.0663 e. The molecule has 3 heteroatoms. The number of hydrogen-bond acceptors (Lipinski definition) is 3. The molecule has 0 saturated carbocycles. The molecule has 0 fully saturated rings. The number of nitrogens with two attached hydrogens (primary N) is 1. The molecule has 0 radical (unpaired) electrons. The van der Waals surface area contributed by atoms with Crippen molar-refractivity contribution in [3.05, 3.63) is 21.4 Å². The van der Waals surface area contributed by atoms with Crippen LogP contribution in [0.4, 0.5) is 0 Å². The zero-order chi connectivity index (χ0) is 9.26. The van der Waals surface area contributed by atoms with Crippen LogP contribution in [0.1, 0.15) is 27.8 Å². The second kappa shape index (κ2) is 3.78. The smallest absolute Gasteiger partial charge is 0.0663 e. The summed E-state index contributed by atoms with van der Waals surface area (Å²) in [7, 11) is 1.70. The van der Waals surface area contributed by atoms with Gasteiger partial charge in [-0.05, 0) is 30.9 Å². The largest absolute Gasteiger partial charge is 0.383 e. The van der Waals surface area contributed by atoms with Gasteiger partial charge >= 0.3 is 0 Å². The Hall–Kier alpha value is -0.380. The third kappa shape index (κ3) is 1.77. The Bertz CT molecular complexity index is 274. The van der Waals surface area contributed by atoms with E-state index in [-0.39, 0.29) is 6.04 Å². The van der Waals surface area contributed by atoms with E-state index in [9.17, 15) is 0 Å². The van der Waals surface area contributed by atoms with E-state index in [2.05, 4.69) is 6.07 Å². The summed E-state index contributed by atoms with van der Waals surface area (Å²) in [6.45, 7) is 0.624. The summed E-state index contributed by atoms with van der Waals surface area (Å²) in [5.74, 6) is 0. The molecule has 0 spiro atoms. The highest BCUT2D eigenvalue weighted by atomic mass is 32.1. The molecule has 0 aliphatic heterocycles. The quantitative estimate of drug-likeness (QED) is 0.803. The molecule has 1 heterocycles. The maximum absolute atomic E-state index is 5.95. The van der Waals surface area contributed by atoms with Crippen LogP contribution in [0.2, 0.25) is 0 Å².